The van der Waals surface area contributed by atoms with E-state index in [0.717, 1.165) is 57.1 Å². The molecule has 0 heterocycles. The Balaban J connectivity index is 1.77. The van der Waals surface area contributed by atoms with Gasteiger partial charge in [0.2, 0.25) is 0 Å². The van der Waals surface area contributed by atoms with E-state index in [-0.39, 0.29) is 5.41 Å². The van der Waals surface area contributed by atoms with Crippen molar-refractivity contribution >= 4 is 5.69 Å². The van der Waals surface area contributed by atoms with Crippen molar-refractivity contribution in [2.24, 2.45) is 5.92 Å². The molecule has 27 heavy (non-hydrogen) atoms. The molecule has 3 atom stereocenters. The lowest BCUT2D eigenvalue weighted by Gasteiger charge is -2.53. The van der Waals surface area contributed by atoms with Gasteiger partial charge in [-0.05, 0) is 62.0 Å². The molecule has 2 nitrogen and oxygen atoms in total. The van der Waals surface area contributed by atoms with Gasteiger partial charge in [0.05, 0.1) is 12.2 Å². The van der Waals surface area contributed by atoms with E-state index in [2.05, 4.69) is 54.2 Å². The summed E-state index contributed by atoms with van der Waals surface area (Å²) >= 11 is 0. The average Bonchev–Trinajstić information content (AvgIpc) is 2.69. The van der Waals surface area contributed by atoms with Gasteiger partial charge in [-0.3, -0.25) is 0 Å². The largest absolute Gasteiger partial charge is 0.390 e. The van der Waals surface area contributed by atoms with Crippen molar-refractivity contribution in [1.82, 2.24) is 0 Å². The molecule has 2 heteroatoms. The highest BCUT2D eigenvalue weighted by atomic mass is 16.3. The van der Waals surface area contributed by atoms with Crippen LogP contribution in [0.25, 0.3) is 4.85 Å². The van der Waals surface area contributed by atoms with Crippen molar-refractivity contribution in [3.8, 4) is 0 Å². The highest BCUT2D eigenvalue weighted by molar-refractivity contribution is 5.53. The van der Waals surface area contributed by atoms with Gasteiger partial charge in [0.1, 0.15) is 0 Å². The molecular weight excluding hydrogens is 330 g/mol. The van der Waals surface area contributed by atoms with Gasteiger partial charge in [-0.25, -0.2) is 4.85 Å². The molecule has 140 valence electrons. The molecule has 2 aromatic carbocycles. The third-order valence-electron chi connectivity index (χ3n) is 7.04. The van der Waals surface area contributed by atoms with Crippen molar-refractivity contribution < 1.29 is 5.11 Å². The van der Waals surface area contributed by atoms with E-state index >= 15 is 0 Å². The van der Waals surface area contributed by atoms with Crippen LogP contribution in [0.5, 0.6) is 0 Å². The Bertz CT molecular complexity index is 852. The smallest absolute Gasteiger partial charge is 0.187 e. The van der Waals surface area contributed by atoms with E-state index < -0.39 is 5.60 Å². The maximum Gasteiger partial charge on any atom is 0.187 e. The molecule has 2 aliphatic rings. The third kappa shape index (κ3) is 3.30. The molecule has 0 spiro atoms. The van der Waals surface area contributed by atoms with Crippen LogP contribution in [0.1, 0.15) is 62.1 Å². The molecular formula is C25H29NO. The Hall–Kier alpha value is -2.11. The fraction of sp³-hybridized carbons (Fsp3) is 0.480. The topological polar surface area (TPSA) is 24.6 Å². The molecule has 0 radical (unpaired) electrons. The van der Waals surface area contributed by atoms with E-state index in [9.17, 15) is 5.11 Å². The van der Waals surface area contributed by atoms with Crippen LogP contribution in [0.3, 0.4) is 0 Å². The number of hydrogen-bond acceptors (Lipinski definition) is 1. The van der Waals surface area contributed by atoms with Crippen LogP contribution in [0, 0.1) is 12.5 Å². The minimum atomic E-state index is -0.492. The summed E-state index contributed by atoms with van der Waals surface area (Å²) in [6, 6.07) is 17.1. The van der Waals surface area contributed by atoms with Gasteiger partial charge in [-0.15, -0.1) is 0 Å². The molecule has 2 aliphatic carbocycles. The van der Waals surface area contributed by atoms with E-state index in [1.54, 1.807) is 0 Å². The van der Waals surface area contributed by atoms with E-state index in [1.807, 2.05) is 6.07 Å². The Labute approximate surface area is 163 Å². The molecule has 1 fully saturated rings. The monoisotopic (exact) mass is 359 g/mol. The second-order valence-corrected chi connectivity index (χ2v) is 8.69. The summed E-state index contributed by atoms with van der Waals surface area (Å²) in [7, 11) is 0. The van der Waals surface area contributed by atoms with Crippen molar-refractivity contribution in [2.45, 2.75) is 69.3 Å². The van der Waals surface area contributed by atoms with Crippen LogP contribution in [0.4, 0.5) is 5.69 Å². The molecule has 0 aromatic heterocycles. The van der Waals surface area contributed by atoms with Gasteiger partial charge in [-0.2, -0.15) is 0 Å². The molecule has 1 N–H and O–H groups in total. The molecule has 0 amide bonds. The first-order valence-corrected chi connectivity index (χ1v) is 10.4. The molecule has 1 saturated carbocycles. The summed E-state index contributed by atoms with van der Waals surface area (Å²) in [5.74, 6) is 0.509. The number of hydrogen-bond donors (Lipinski definition) is 1. The lowest BCUT2D eigenvalue weighted by molar-refractivity contribution is -0.0565. The normalized spacial score (nSPS) is 29.4. The predicted molar refractivity (Wildman–Crippen MR) is 110 cm³/mol. The standard InChI is InChI=1S/C25H29NO/c1-3-13-24(27)14-15-25(17-19-7-5-4-6-8-19)21(18-24)10-9-20-16-22(26-2)11-12-23(20)25/h4-8,11-12,16,21,27H,3,9-10,13-15,17-18H2,1H3/t21-,24-,25+/m1/s1. The maximum atomic E-state index is 11.2. The zero-order valence-corrected chi connectivity index (χ0v) is 16.2. The minimum absolute atomic E-state index is 0.0927. The number of nitrogens with zero attached hydrogens (tertiary/aromatic N) is 1. The predicted octanol–water partition coefficient (Wildman–Crippen LogP) is 6.00. The van der Waals surface area contributed by atoms with Crippen molar-refractivity contribution in [2.75, 3.05) is 0 Å². The zero-order valence-electron chi connectivity index (χ0n) is 16.2. The van der Waals surface area contributed by atoms with Gasteiger partial charge < -0.3 is 5.11 Å². The van der Waals surface area contributed by atoms with Crippen LogP contribution in [-0.2, 0) is 18.3 Å². The Morgan fingerprint density at radius 3 is 2.70 bits per heavy atom. The summed E-state index contributed by atoms with van der Waals surface area (Å²) in [5.41, 5.74) is 4.53. The second kappa shape index (κ2) is 7.13. The van der Waals surface area contributed by atoms with E-state index in [0.29, 0.717) is 5.92 Å². The van der Waals surface area contributed by atoms with Crippen LogP contribution in [-0.4, -0.2) is 10.7 Å². The molecule has 2 aromatic rings. The number of rotatable bonds is 4. The number of fused-ring (bicyclic) bond motifs is 3. The van der Waals surface area contributed by atoms with E-state index in [4.69, 9.17) is 6.57 Å². The van der Waals surface area contributed by atoms with Crippen LogP contribution < -0.4 is 0 Å². The van der Waals surface area contributed by atoms with Crippen molar-refractivity contribution in [1.29, 1.82) is 0 Å². The van der Waals surface area contributed by atoms with Crippen molar-refractivity contribution in [3.05, 3.63) is 76.6 Å². The molecule has 4 rings (SSSR count). The number of aryl methyl sites for hydroxylation is 1. The Kier molecular flexibility index (Phi) is 4.82. The highest BCUT2D eigenvalue weighted by Crippen LogP contribution is 2.55. The molecule has 0 bridgehead atoms. The second-order valence-electron chi connectivity index (χ2n) is 8.69. The lowest BCUT2D eigenvalue weighted by atomic mass is 9.52. The number of benzene rings is 2. The molecule has 0 saturated heterocycles. The summed E-state index contributed by atoms with van der Waals surface area (Å²) in [6.07, 6.45) is 7.97. The van der Waals surface area contributed by atoms with Gasteiger partial charge in [0.15, 0.2) is 5.69 Å². The Morgan fingerprint density at radius 1 is 1.15 bits per heavy atom. The molecule has 0 aliphatic heterocycles. The van der Waals surface area contributed by atoms with Crippen LogP contribution in [0.2, 0.25) is 0 Å². The van der Waals surface area contributed by atoms with Gasteiger partial charge in [0, 0.05) is 5.41 Å². The summed E-state index contributed by atoms with van der Waals surface area (Å²) < 4.78 is 0. The first kappa shape index (κ1) is 18.3. The summed E-state index contributed by atoms with van der Waals surface area (Å²) in [4.78, 5) is 3.65. The zero-order chi connectivity index (χ0) is 18.9. The number of aliphatic hydroxyl groups is 1. The first-order chi connectivity index (χ1) is 13.1. The SMILES string of the molecule is [C-]#[N+]c1ccc2c(c1)CC[C@@H]1C[C@@](O)(CCC)CC[C@@]21Cc1ccccc1. The maximum absolute atomic E-state index is 11.2. The van der Waals surface area contributed by atoms with Crippen molar-refractivity contribution in [3.63, 3.8) is 0 Å². The summed E-state index contributed by atoms with van der Waals surface area (Å²) in [5, 5.41) is 11.2. The Morgan fingerprint density at radius 2 is 1.96 bits per heavy atom. The fourth-order valence-electron chi connectivity index (χ4n) is 5.80. The summed E-state index contributed by atoms with van der Waals surface area (Å²) in [6.45, 7) is 9.53. The molecule has 0 unspecified atom stereocenters. The minimum Gasteiger partial charge on any atom is -0.390 e. The fourth-order valence-corrected chi connectivity index (χ4v) is 5.80. The third-order valence-corrected chi connectivity index (χ3v) is 7.04. The first-order valence-electron chi connectivity index (χ1n) is 10.4. The highest BCUT2D eigenvalue weighted by Gasteiger charge is 2.51. The van der Waals surface area contributed by atoms with Gasteiger partial charge in [0.25, 0.3) is 0 Å². The van der Waals surface area contributed by atoms with Gasteiger partial charge >= 0.3 is 0 Å². The van der Waals surface area contributed by atoms with Crippen LogP contribution in [0.15, 0.2) is 48.5 Å². The van der Waals surface area contributed by atoms with Gasteiger partial charge in [-0.1, -0.05) is 67.4 Å². The van der Waals surface area contributed by atoms with E-state index in [1.165, 1.54) is 16.7 Å². The van der Waals surface area contributed by atoms with Crippen LogP contribution >= 0.6 is 0 Å². The quantitative estimate of drug-likeness (QED) is 0.666. The average molecular weight is 360 g/mol. The lowest BCUT2D eigenvalue weighted by Crippen LogP contribution is -2.51.